The van der Waals surface area contributed by atoms with Gasteiger partial charge < -0.3 is 10.2 Å². The van der Waals surface area contributed by atoms with Gasteiger partial charge in [0.1, 0.15) is 0 Å². The first-order valence-corrected chi connectivity index (χ1v) is 5.03. The standard InChI is InChI=1S/C9H6O3S2/c10-8(11)4-1-2-6-5(3-4)7(13)9(12)14-6/h1-3,12-13H,(H,10,11). The van der Waals surface area contributed by atoms with Gasteiger partial charge in [0.2, 0.25) is 0 Å². The third kappa shape index (κ3) is 1.34. The molecule has 0 aliphatic rings. The number of rotatable bonds is 1. The maximum atomic E-state index is 10.7. The fraction of sp³-hybridized carbons (Fsp3) is 0. The second-order valence-corrected chi connectivity index (χ2v) is 4.25. The minimum Gasteiger partial charge on any atom is -0.499 e. The molecule has 0 fully saturated rings. The van der Waals surface area contributed by atoms with Gasteiger partial charge in [-0.3, -0.25) is 0 Å². The van der Waals surface area contributed by atoms with Crippen molar-refractivity contribution in [1.82, 2.24) is 0 Å². The van der Waals surface area contributed by atoms with Crippen LogP contribution in [0.25, 0.3) is 10.1 Å². The molecular weight excluding hydrogens is 220 g/mol. The number of carbonyl (C=O) groups is 1. The van der Waals surface area contributed by atoms with Crippen LogP contribution in [0.4, 0.5) is 0 Å². The number of carboxylic acids is 1. The Morgan fingerprint density at radius 1 is 1.43 bits per heavy atom. The predicted octanol–water partition coefficient (Wildman–Crippen LogP) is 2.59. The van der Waals surface area contributed by atoms with Crippen molar-refractivity contribution >= 4 is 40.0 Å². The molecule has 2 rings (SSSR count). The fourth-order valence-corrected chi connectivity index (χ4v) is 2.42. The number of thiophene rings is 1. The minimum atomic E-state index is -0.981. The highest BCUT2D eigenvalue weighted by Crippen LogP contribution is 2.39. The van der Waals surface area contributed by atoms with Crippen molar-refractivity contribution in [2.24, 2.45) is 0 Å². The zero-order valence-electron chi connectivity index (χ0n) is 6.89. The molecule has 0 amide bonds. The van der Waals surface area contributed by atoms with Crippen LogP contribution >= 0.6 is 24.0 Å². The Balaban J connectivity index is 2.76. The van der Waals surface area contributed by atoms with Crippen molar-refractivity contribution in [2.45, 2.75) is 4.90 Å². The summed E-state index contributed by atoms with van der Waals surface area (Å²) in [6.07, 6.45) is 0. The molecule has 1 aromatic carbocycles. The molecule has 3 nitrogen and oxygen atoms in total. The van der Waals surface area contributed by atoms with E-state index in [-0.39, 0.29) is 10.6 Å². The van der Waals surface area contributed by atoms with Crippen molar-refractivity contribution in [2.75, 3.05) is 0 Å². The number of fused-ring (bicyclic) bond motifs is 1. The van der Waals surface area contributed by atoms with Gasteiger partial charge in [0.05, 0.1) is 10.5 Å². The molecule has 0 aliphatic heterocycles. The Morgan fingerprint density at radius 3 is 2.79 bits per heavy atom. The first-order chi connectivity index (χ1) is 6.59. The summed E-state index contributed by atoms with van der Waals surface area (Å²) in [4.78, 5) is 11.1. The van der Waals surface area contributed by atoms with Gasteiger partial charge in [-0.15, -0.1) is 12.6 Å². The monoisotopic (exact) mass is 226 g/mol. The Labute approximate surface area is 89.0 Å². The average Bonchev–Trinajstić information content (AvgIpc) is 2.43. The normalized spacial score (nSPS) is 10.6. The molecule has 2 N–H and O–H groups in total. The van der Waals surface area contributed by atoms with Crippen LogP contribution in [-0.4, -0.2) is 16.2 Å². The van der Waals surface area contributed by atoms with Crippen LogP contribution in [-0.2, 0) is 0 Å². The Kier molecular flexibility index (Phi) is 2.13. The van der Waals surface area contributed by atoms with Gasteiger partial charge in [0.25, 0.3) is 0 Å². The van der Waals surface area contributed by atoms with E-state index in [0.29, 0.717) is 10.3 Å². The number of benzene rings is 1. The molecule has 0 spiro atoms. The van der Waals surface area contributed by atoms with E-state index in [0.717, 1.165) is 4.70 Å². The number of hydrogen-bond acceptors (Lipinski definition) is 4. The summed E-state index contributed by atoms with van der Waals surface area (Å²) in [6, 6.07) is 4.69. The van der Waals surface area contributed by atoms with Crippen LogP contribution < -0.4 is 0 Å². The Hall–Kier alpha value is -1.20. The van der Waals surface area contributed by atoms with Gasteiger partial charge in [-0.1, -0.05) is 11.3 Å². The predicted molar refractivity (Wildman–Crippen MR) is 57.7 cm³/mol. The Bertz CT molecular complexity index is 516. The lowest BCUT2D eigenvalue weighted by atomic mass is 10.2. The molecular formula is C9H6O3S2. The number of aromatic hydroxyl groups is 1. The maximum absolute atomic E-state index is 10.7. The molecule has 0 saturated heterocycles. The van der Waals surface area contributed by atoms with Gasteiger partial charge in [0, 0.05) is 10.1 Å². The zero-order chi connectivity index (χ0) is 10.3. The second-order valence-electron chi connectivity index (χ2n) is 2.77. The summed E-state index contributed by atoms with van der Waals surface area (Å²) in [5.41, 5.74) is 0.200. The quantitative estimate of drug-likeness (QED) is 0.655. The first kappa shape index (κ1) is 9.36. The highest BCUT2D eigenvalue weighted by Gasteiger charge is 2.10. The fourth-order valence-electron chi connectivity index (χ4n) is 1.20. The van der Waals surface area contributed by atoms with Gasteiger partial charge >= 0.3 is 5.97 Å². The van der Waals surface area contributed by atoms with Crippen molar-refractivity contribution < 1.29 is 15.0 Å². The van der Waals surface area contributed by atoms with Crippen LogP contribution in [0.1, 0.15) is 10.4 Å². The number of hydrogen-bond donors (Lipinski definition) is 3. The third-order valence-corrected chi connectivity index (χ3v) is 3.47. The van der Waals surface area contributed by atoms with Gasteiger partial charge in [0.15, 0.2) is 5.06 Å². The molecule has 0 radical (unpaired) electrons. The van der Waals surface area contributed by atoms with Gasteiger partial charge in [-0.05, 0) is 18.2 Å². The van der Waals surface area contributed by atoms with Crippen LogP contribution in [0, 0.1) is 0 Å². The third-order valence-electron chi connectivity index (χ3n) is 1.89. The summed E-state index contributed by atoms with van der Waals surface area (Å²) >= 11 is 5.28. The molecule has 1 aromatic heterocycles. The SMILES string of the molecule is O=C(O)c1ccc2sc(O)c(S)c2c1. The molecule has 0 atom stereocenters. The van der Waals surface area contributed by atoms with E-state index < -0.39 is 5.97 Å². The second kappa shape index (κ2) is 3.18. The van der Waals surface area contributed by atoms with Crippen LogP contribution in [0.15, 0.2) is 23.1 Å². The topological polar surface area (TPSA) is 57.5 Å². The lowest BCUT2D eigenvalue weighted by molar-refractivity contribution is 0.0697. The Morgan fingerprint density at radius 2 is 2.14 bits per heavy atom. The van der Waals surface area contributed by atoms with Crippen molar-refractivity contribution in [3.8, 4) is 5.06 Å². The van der Waals surface area contributed by atoms with Gasteiger partial charge in [-0.25, -0.2) is 4.79 Å². The molecule has 2 aromatic rings. The number of thiol groups is 1. The number of aromatic carboxylic acids is 1. The lowest BCUT2D eigenvalue weighted by Crippen LogP contribution is -1.94. The van der Waals surface area contributed by atoms with Crippen LogP contribution in [0.2, 0.25) is 0 Å². The van der Waals surface area contributed by atoms with Crippen molar-refractivity contribution in [3.05, 3.63) is 23.8 Å². The zero-order valence-corrected chi connectivity index (χ0v) is 8.60. The lowest BCUT2D eigenvalue weighted by Gasteiger charge is -1.94. The first-order valence-electron chi connectivity index (χ1n) is 3.77. The molecule has 0 aliphatic carbocycles. The molecule has 0 saturated carbocycles. The highest BCUT2D eigenvalue weighted by molar-refractivity contribution is 7.81. The summed E-state index contributed by atoms with van der Waals surface area (Å²) in [5, 5.41) is 18.9. The van der Waals surface area contributed by atoms with Crippen molar-refractivity contribution in [1.29, 1.82) is 0 Å². The number of carboxylic acid groups (broad SMARTS) is 1. The summed E-state index contributed by atoms with van der Waals surface area (Å²) < 4.78 is 0.831. The molecule has 5 heteroatoms. The molecule has 1 heterocycles. The van der Waals surface area contributed by atoms with E-state index in [1.165, 1.54) is 23.5 Å². The molecule has 72 valence electrons. The van der Waals surface area contributed by atoms with Gasteiger partial charge in [-0.2, -0.15) is 0 Å². The summed E-state index contributed by atoms with van der Waals surface area (Å²) in [5.74, 6) is -0.981. The largest absolute Gasteiger partial charge is 0.499 e. The highest BCUT2D eigenvalue weighted by atomic mass is 32.1. The van der Waals surface area contributed by atoms with Crippen molar-refractivity contribution in [3.63, 3.8) is 0 Å². The summed E-state index contributed by atoms with van der Waals surface area (Å²) in [6.45, 7) is 0. The van der Waals surface area contributed by atoms with E-state index in [4.69, 9.17) is 5.11 Å². The van der Waals surface area contributed by atoms with E-state index in [9.17, 15) is 9.90 Å². The molecule has 0 unspecified atom stereocenters. The van der Waals surface area contributed by atoms with E-state index >= 15 is 0 Å². The average molecular weight is 226 g/mol. The van der Waals surface area contributed by atoms with Crippen LogP contribution in [0.3, 0.4) is 0 Å². The molecule has 0 bridgehead atoms. The van der Waals surface area contributed by atoms with E-state index in [1.54, 1.807) is 6.07 Å². The van der Waals surface area contributed by atoms with E-state index in [1.807, 2.05) is 0 Å². The summed E-state index contributed by atoms with van der Waals surface area (Å²) in [7, 11) is 0. The molecule has 14 heavy (non-hydrogen) atoms. The maximum Gasteiger partial charge on any atom is 0.335 e. The van der Waals surface area contributed by atoms with E-state index in [2.05, 4.69) is 12.6 Å². The minimum absolute atomic E-state index is 0.117. The smallest absolute Gasteiger partial charge is 0.335 e. The van der Waals surface area contributed by atoms with Crippen LogP contribution in [0.5, 0.6) is 5.06 Å².